The average Bonchev–Trinajstić information content (AvgIpc) is 1.82. The van der Waals surface area contributed by atoms with E-state index >= 15 is 0 Å². The van der Waals surface area contributed by atoms with Crippen LogP contribution in [0.15, 0.2) is 12.3 Å². The van der Waals surface area contributed by atoms with E-state index < -0.39 is 4.71 Å². The summed E-state index contributed by atoms with van der Waals surface area (Å²) in [5.74, 6) is 0.454. The highest BCUT2D eigenvalue weighted by molar-refractivity contribution is 6.46. The van der Waals surface area contributed by atoms with Crippen molar-refractivity contribution < 1.29 is 9.47 Å². The van der Waals surface area contributed by atoms with Gasteiger partial charge in [-0.2, -0.15) is 0 Å². The fourth-order valence-corrected chi connectivity index (χ4v) is 0.719. The van der Waals surface area contributed by atoms with Crippen molar-refractivity contribution in [3.8, 4) is 0 Å². The predicted octanol–water partition coefficient (Wildman–Crippen LogP) is 1.64. The van der Waals surface area contributed by atoms with Gasteiger partial charge in [-0.25, -0.2) is 0 Å². The van der Waals surface area contributed by atoms with Gasteiger partial charge in [-0.1, -0.05) is 6.58 Å². The normalized spacial score (nSPS) is 25.5. The van der Waals surface area contributed by atoms with Crippen LogP contribution in [0, 0.1) is 0 Å². The van der Waals surface area contributed by atoms with Gasteiger partial charge in [-0.05, 0) is 23.2 Å². The Morgan fingerprint density at radius 3 is 2.38 bits per heavy atom. The fourth-order valence-electron chi connectivity index (χ4n) is 0.391. The highest BCUT2D eigenvalue weighted by Crippen LogP contribution is 2.32. The highest BCUT2D eigenvalue weighted by Gasteiger charge is 2.34. The van der Waals surface area contributed by atoms with Crippen LogP contribution in [-0.2, 0) is 9.47 Å². The zero-order valence-electron chi connectivity index (χ0n) is 3.99. The molecule has 0 aliphatic carbocycles. The molecule has 46 valence electrons. The Morgan fingerprint density at radius 2 is 2.25 bits per heavy atom. The SMILES string of the molecule is C=C1COC(Cl)(Cl)O1. The van der Waals surface area contributed by atoms with Crippen LogP contribution < -0.4 is 0 Å². The van der Waals surface area contributed by atoms with Crippen LogP contribution in [0.25, 0.3) is 0 Å². The maximum Gasteiger partial charge on any atom is 0.375 e. The summed E-state index contributed by atoms with van der Waals surface area (Å²) in [7, 11) is 0. The van der Waals surface area contributed by atoms with E-state index in [-0.39, 0.29) is 6.61 Å². The van der Waals surface area contributed by atoms with Gasteiger partial charge in [0.1, 0.15) is 12.4 Å². The second kappa shape index (κ2) is 1.79. The number of halogens is 2. The minimum atomic E-state index is -1.49. The number of hydrogen-bond donors (Lipinski definition) is 0. The first kappa shape index (κ1) is 6.20. The van der Waals surface area contributed by atoms with Gasteiger partial charge in [0, 0.05) is 0 Å². The summed E-state index contributed by atoms with van der Waals surface area (Å²) >= 11 is 10.6. The second-order valence-electron chi connectivity index (χ2n) is 1.39. The van der Waals surface area contributed by atoms with Crippen molar-refractivity contribution in [3.05, 3.63) is 12.3 Å². The maximum atomic E-state index is 5.32. The van der Waals surface area contributed by atoms with Crippen molar-refractivity contribution in [1.29, 1.82) is 0 Å². The first-order valence-electron chi connectivity index (χ1n) is 1.99. The van der Waals surface area contributed by atoms with Gasteiger partial charge in [-0.3, -0.25) is 0 Å². The molecule has 4 heteroatoms. The zero-order chi connectivity index (χ0) is 6.20. The lowest BCUT2D eigenvalue weighted by molar-refractivity contribution is -0.00140. The van der Waals surface area contributed by atoms with Crippen molar-refractivity contribution in [2.45, 2.75) is 4.71 Å². The lowest BCUT2D eigenvalue weighted by Gasteiger charge is -2.07. The molecule has 1 aliphatic rings. The largest absolute Gasteiger partial charge is 0.439 e. The Balaban J connectivity index is 2.56. The van der Waals surface area contributed by atoms with E-state index in [4.69, 9.17) is 23.2 Å². The van der Waals surface area contributed by atoms with Crippen LogP contribution in [0.5, 0.6) is 0 Å². The molecule has 0 aromatic rings. The molecular weight excluding hydrogens is 151 g/mol. The van der Waals surface area contributed by atoms with Gasteiger partial charge in [0.25, 0.3) is 0 Å². The van der Waals surface area contributed by atoms with Crippen molar-refractivity contribution in [2.75, 3.05) is 6.61 Å². The molecule has 0 amide bonds. The molecule has 8 heavy (non-hydrogen) atoms. The topological polar surface area (TPSA) is 18.5 Å². The van der Waals surface area contributed by atoms with E-state index in [1.165, 1.54) is 0 Å². The van der Waals surface area contributed by atoms with Crippen LogP contribution in [0.3, 0.4) is 0 Å². The number of alkyl halides is 2. The molecule has 1 fully saturated rings. The van der Waals surface area contributed by atoms with E-state index in [0.29, 0.717) is 5.76 Å². The zero-order valence-corrected chi connectivity index (χ0v) is 5.50. The molecule has 1 rings (SSSR count). The highest BCUT2D eigenvalue weighted by atomic mass is 35.5. The summed E-state index contributed by atoms with van der Waals surface area (Å²) in [5, 5.41) is 0. The molecule has 1 heterocycles. The third-order valence-electron chi connectivity index (χ3n) is 0.664. The lowest BCUT2D eigenvalue weighted by Crippen LogP contribution is -2.10. The average molecular weight is 155 g/mol. The molecule has 2 nitrogen and oxygen atoms in total. The minimum absolute atomic E-state index is 0.271. The van der Waals surface area contributed by atoms with Crippen LogP contribution in [0.4, 0.5) is 0 Å². The molecular formula is C4H4Cl2O2. The number of rotatable bonds is 0. The third-order valence-corrected chi connectivity index (χ3v) is 1.04. The molecule has 0 N–H and O–H groups in total. The van der Waals surface area contributed by atoms with E-state index in [9.17, 15) is 0 Å². The summed E-state index contributed by atoms with van der Waals surface area (Å²) in [4.78, 5) is 0. The van der Waals surface area contributed by atoms with Crippen molar-refractivity contribution in [1.82, 2.24) is 0 Å². The quantitative estimate of drug-likeness (QED) is 0.495. The Kier molecular flexibility index (Phi) is 1.39. The summed E-state index contributed by atoms with van der Waals surface area (Å²) in [5.41, 5.74) is 0. The monoisotopic (exact) mass is 154 g/mol. The van der Waals surface area contributed by atoms with Crippen molar-refractivity contribution in [2.24, 2.45) is 0 Å². The van der Waals surface area contributed by atoms with Gasteiger partial charge in [0.2, 0.25) is 0 Å². The second-order valence-corrected chi connectivity index (χ2v) is 2.58. The van der Waals surface area contributed by atoms with Crippen molar-refractivity contribution in [3.63, 3.8) is 0 Å². The number of ether oxygens (including phenoxy) is 2. The van der Waals surface area contributed by atoms with E-state index in [1.807, 2.05) is 0 Å². The molecule has 0 radical (unpaired) electrons. The first-order chi connectivity index (χ1) is 3.60. The molecule has 0 atom stereocenters. The maximum absolute atomic E-state index is 5.32. The van der Waals surface area contributed by atoms with Crippen molar-refractivity contribution >= 4 is 23.2 Å². The van der Waals surface area contributed by atoms with Crippen LogP contribution in [-0.4, -0.2) is 11.3 Å². The van der Waals surface area contributed by atoms with Crippen LogP contribution in [0.2, 0.25) is 0 Å². The van der Waals surface area contributed by atoms with Gasteiger partial charge >= 0.3 is 4.71 Å². The minimum Gasteiger partial charge on any atom is -0.439 e. The lowest BCUT2D eigenvalue weighted by atomic mass is 10.6. The molecule has 1 saturated heterocycles. The Morgan fingerprint density at radius 1 is 1.62 bits per heavy atom. The van der Waals surface area contributed by atoms with E-state index in [2.05, 4.69) is 16.1 Å². The summed E-state index contributed by atoms with van der Waals surface area (Å²) in [6, 6.07) is 0. The molecule has 0 aromatic carbocycles. The van der Waals surface area contributed by atoms with Gasteiger partial charge in [0.15, 0.2) is 0 Å². The van der Waals surface area contributed by atoms with Crippen LogP contribution in [0.1, 0.15) is 0 Å². The van der Waals surface area contributed by atoms with Gasteiger partial charge < -0.3 is 9.47 Å². The molecule has 0 aromatic heterocycles. The third kappa shape index (κ3) is 1.28. The molecule has 0 unspecified atom stereocenters. The van der Waals surface area contributed by atoms with Gasteiger partial charge in [-0.15, -0.1) is 0 Å². The fraction of sp³-hybridized carbons (Fsp3) is 0.500. The summed E-state index contributed by atoms with van der Waals surface area (Å²) < 4.78 is 7.84. The number of hydrogen-bond acceptors (Lipinski definition) is 2. The smallest absolute Gasteiger partial charge is 0.375 e. The van der Waals surface area contributed by atoms with E-state index in [1.54, 1.807) is 0 Å². The molecule has 0 saturated carbocycles. The predicted molar refractivity (Wildman–Crippen MR) is 30.6 cm³/mol. The van der Waals surface area contributed by atoms with E-state index in [0.717, 1.165) is 0 Å². The molecule has 1 aliphatic heterocycles. The Hall–Kier alpha value is 0.0800. The Bertz CT molecular complexity index is 121. The standard InChI is InChI=1S/C4H4Cl2O2/c1-3-2-7-4(5,6)8-3/h1-2H2. The molecule has 0 spiro atoms. The summed E-state index contributed by atoms with van der Waals surface area (Å²) in [6.45, 7) is 3.70. The van der Waals surface area contributed by atoms with Gasteiger partial charge in [0.05, 0.1) is 0 Å². The molecule has 0 bridgehead atoms. The van der Waals surface area contributed by atoms with Crippen LogP contribution >= 0.6 is 23.2 Å². The first-order valence-corrected chi connectivity index (χ1v) is 2.74. The summed E-state index contributed by atoms with van der Waals surface area (Å²) in [6.07, 6.45) is 0. The Labute approximate surface area is 57.0 Å².